The highest BCUT2D eigenvalue weighted by Crippen LogP contribution is 2.35. The van der Waals surface area contributed by atoms with Crippen LogP contribution in [0.2, 0.25) is 0 Å². The third kappa shape index (κ3) is 6.44. The number of aromatic nitrogens is 3. The number of H-pyrrole nitrogens is 1. The van der Waals surface area contributed by atoms with Crippen LogP contribution < -0.4 is 10.2 Å². The van der Waals surface area contributed by atoms with Crippen molar-refractivity contribution in [1.29, 1.82) is 5.26 Å². The van der Waals surface area contributed by atoms with Crippen LogP contribution in [0.25, 0.3) is 22.0 Å². The van der Waals surface area contributed by atoms with E-state index in [1.165, 1.54) is 0 Å². The Balaban J connectivity index is 1.43. The van der Waals surface area contributed by atoms with E-state index in [2.05, 4.69) is 35.2 Å². The standard InChI is InChI=1S/C38H34N6O2/c1-26(2)21-41-37(45)36-35(29-9-5-3-6-10-29)33-19-31(17-18-34(33)42-36)44(38(46)30-11-7-4-8-12-30)24-32-22-40-25-43(32)23-28-15-13-27(20-39)14-16-28/h3-19,22,25-26,42H,21,23-24H2,1-2H3,(H,41,45). The number of nitrogens with zero attached hydrogens (tertiary/aromatic N) is 4. The van der Waals surface area contributed by atoms with Gasteiger partial charge in [0, 0.05) is 47.0 Å². The monoisotopic (exact) mass is 606 g/mol. The summed E-state index contributed by atoms with van der Waals surface area (Å²) in [6.45, 7) is 5.48. The van der Waals surface area contributed by atoms with Crippen molar-refractivity contribution in [2.24, 2.45) is 5.92 Å². The number of rotatable bonds is 10. The summed E-state index contributed by atoms with van der Waals surface area (Å²) in [5.41, 5.74) is 6.70. The molecule has 0 saturated carbocycles. The van der Waals surface area contributed by atoms with Gasteiger partial charge in [-0.3, -0.25) is 9.59 Å². The Morgan fingerprint density at radius 1 is 0.957 bits per heavy atom. The van der Waals surface area contributed by atoms with Crippen molar-refractivity contribution in [1.82, 2.24) is 19.9 Å². The molecule has 6 rings (SSSR count). The molecule has 4 aromatic carbocycles. The van der Waals surface area contributed by atoms with E-state index in [4.69, 9.17) is 0 Å². The number of hydrogen-bond donors (Lipinski definition) is 2. The summed E-state index contributed by atoms with van der Waals surface area (Å²) in [7, 11) is 0. The molecular formula is C38H34N6O2. The van der Waals surface area contributed by atoms with Crippen molar-refractivity contribution >= 4 is 28.4 Å². The SMILES string of the molecule is CC(C)CNC(=O)c1[nH]c2ccc(N(Cc3cncn3Cc3ccc(C#N)cc3)C(=O)c3ccccc3)cc2c1-c1ccccc1. The number of nitriles is 1. The summed E-state index contributed by atoms with van der Waals surface area (Å²) < 4.78 is 2.01. The summed E-state index contributed by atoms with van der Waals surface area (Å²) in [5, 5.41) is 13.1. The van der Waals surface area contributed by atoms with Gasteiger partial charge in [0.25, 0.3) is 11.8 Å². The van der Waals surface area contributed by atoms with Crippen molar-refractivity contribution in [3.63, 3.8) is 0 Å². The van der Waals surface area contributed by atoms with Crippen LogP contribution in [-0.2, 0) is 13.1 Å². The molecule has 0 bridgehead atoms. The first-order valence-corrected chi connectivity index (χ1v) is 15.3. The maximum atomic E-state index is 14.2. The maximum Gasteiger partial charge on any atom is 0.268 e. The molecule has 2 N–H and O–H groups in total. The Hall–Kier alpha value is -5.94. The average Bonchev–Trinajstić information content (AvgIpc) is 3.70. The maximum absolute atomic E-state index is 14.2. The van der Waals surface area contributed by atoms with Crippen molar-refractivity contribution in [2.45, 2.75) is 26.9 Å². The number of amides is 2. The minimum absolute atomic E-state index is 0.155. The Bertz CT molecular complexity index is 2020. The molecule has 0 spiro atoms. The zero-order valence-corrected chi connectivity index (χ0v) is 25.8. The van der Waals surface area contributed by atoms with Gasteiger partial charge in [-0.05, 0) is 59.5 Å². The highest BCUT2D eigenvalue weighted by Gasteiger charge is 2.24. The lowest BCUT2D eigenvalue weighted by atomic mass is 10.0. The van der Waals surface area contributed by atoms with E-state index in [-0.39, 0.29) is 18.4 Å². The van der Waals surface area contributed by atoms with Gasteiger partial charge in [0.2, 0.25) is 0 Å². The highest BCUT2D eigenvalue weighted by atomic mass is 16.2. The number of imidazole rings is 1. The van der Waals surface area contributed by atoms with Crippen LogP contribution in [-0.4, -0.2) is 32.9 Å². The zero-order chi connectivity index (χ0) is 32.0. The van der Waals surface area contributed by atoms with Crippen LogP contribution in [0, 0.1) is 17.2 Å². The molecule has 0 aliphatic carbocycles. The van der Waals surface area contributed by atoms with Crippen LogP contribution in [0.1, 0.15) is 51.5 Å². The Morgan fingerprint density at radius 2 is 1.67 bits per heavy atom. The van der Waals surface area contributed by atoms with Gasteiger partial charge in [-0.25, -0.2) is 4.98 Å². The van der Waals surface area contributed by atoms with Crippen LogP contribution in [0.15, 0.2) is 116 Å². The van der Waals surface area contributed by atoms with Crippen molar-refractivity contribution < 1.29 is 9.59 Å². The minimum atomic E-state index is -0.172. The van der Waals surface area contributed by atoms with E-state index >= 15 is 0 Å². The topological polar surface area (TPSA) is 107 Å². The Labute approximate surface area is 267 Å². The lowest BCUT2D eigenvalue weighted by molar-refractivity contribution is 0.0944. The second-order valence-corrected chi connectivity index (χ2v) is 11.7. The summed E-state index contributed by atoms with van der Waals surface area (Å²) in [5.74, 6) is -0.0185. The number of hydrogen-bond acceptors (Lipinski definition) is 4. The molecule has 228 valence electrons. The van der Waals surface area contributed by atoms with Gasteiger partial charge in [-0.2, -0.15) is 5.26 Å². The minimum Gasteiger partial charge on any atom is -0.350 e. The van der Waals surface area contributed by atoms with E-state index in [9.17, 15) is 14.9 Å². The molecule has 0 saturated heterocycles. The number of aromatic amines is 1. The van der Waals surface area contributed by atoms with Gasteiger partial charge in [-0.1, -0.05) is 74.5 Å². The zero-order valence-electron chi connectivity index (χ0n) is 25.8. The predicted molar refractivity (Wildman–Crippen MR) is 180 cm³/mol. The summed E-state index contributed by atoms with van der Waals surface area (Å²) in [6, 6.07) is 34.5. The lowest BCUT2D eigenvalue weighted by Gasteiger charge is -2.24. The third-order valence-corrected chi connectivity index (χ3v) is 7.87. The number of carbonyl (C=O) groups is 2. The van der Waals surface area contributed by atoms with Gasteiger partial charge in [0.1, 0.15) is 5.69 Å². The highest BCUT2D eigenvalue weighted by molar-refractivity contribution is 6.12. The quantitative estimate of drug-likeness (QED) is 0.172. The van der Waals surface area contributed by atoms with Crippen LogP contribution in [0.5, 0.6) is 0 Å². The number of benzene rings is 4. The Kier molecular flexibility index (Phi) is 8.75. The van der Waals surface area contributed by atoms with Crippen LogP contribution >= 0.6 is 0 Å². The van der Waals surface area contributed by atoms with Gasteiger partial charge in [0.15, 0.2) is 0 Å². The number of carbonyl (C=O) groups excluding carboxylic acids is 2. The number of fused-ring (bicyclic) bond motifs is 1. The van der Waals surface area contributed by atoms with Gasteiger partial charge in [-0.15, -0.1) is 0 Å². The van der Waals surface area contributed by atoms with Gasteiger partial charge >= 0.3 is 0 Å². The number of anilines is 1. The van der Waals surface area contributed by atoms with Crippen LogP contribution in [0.4, 0.5) is 5.69 Å². The molecule has 46 heavy (non-hydrogen) atoms. The summed E-state index contributed by atoms with van der Waals surface area (Å²) in [4.78, 5) is 37.1. The first-order valence-electron chi connectivity index (χ1n) is 15.3. The number of nitrogens with one attached hydrogen (secondary N) is 2. The van der Waals surface area contributed by atoms with Crippen molar-refractivity contribution in [3.05, 3.63) is 144 Å². The Morgan fingerprint density at radius 3 is 2.37 bits per heavy atom. The van der Waals surface area contributed by atoms with E-state index in [1.807, 2.05) is 95.6 Å². The fraction of sp³-hybridized carbons (Fsp3) is 0.158. The molecule has 8 nitrogen and oxygen atoms in total. The first kappa shape index (κ1) is 30.1. The molecule has 8 heteroatoms. The normalized spacial score (nSPS) is 11.0. The average molecular weight is 607 g/mol. The van der Waals surface area contributed by atoms with Crippen LogP contribution in [0.3, 0.4) is 0 Å². The molecule has 6 aromatic rings. The lowest BCUT2D eigenvalue weighted by Crippen LogP contribution is -2.31. The third-order valence-electron chi connectivity index (χ3n) is 7.87. The molecule has 0 aliphatic rings. The molecule has 2 heterocycles. The molecule has 2 amide bonds. The molecule has 2 aromatic heterocycles. The van der Waals surface area contributed by atoms with E-state index in [1.54, 1.807) is 29.6 Å². The molecule has 0 radical (unpaired) electrons. The molecule has 0 fully saturated rings. The first-order chi connectivity index (χ1) is 22.4. The van der Waals surface area contributed by atoms with Gasteiger partial charge < -0.3 is 19.8 Å². The van der Waals surface area contributed by atoms with E-state index < -0.39 is 0 Å². The molecule has 0 unspecified atom stereocenters. The fourth-order valence-electron chi connectivity index (χ4n) is 5.49. The second kappa shape index (κ2) is 13.4. The predicted octanol–water partition coefficient (Wildman–Crippen LogP) is 7.18. The van der Waals surface area contributed by atoms with E-state index in [0.29, 0.717) is 41.5 Å². The van der Waals surface area contributed by atoms with Crippen molar-refractivity contribution in [2.75, 3.05) is 11.4 Å². The molecule has 0 atom stereocenters. The summed E-state index contributed by atoms with van der Waals surface area (Å²) >= 11 is 0. The largest absolute Gasteiger partial charge is 0.350 e. The molecular weight excluding hydrogens is 572 g/mol. The van der Waals surface area contributed by atoms with E-state index in [0.717, 1.165) is 33.3 Å². The smallest absolute Gasteiger partial charge is 0.268 e. The fourth-order valence-corrected chi connectivity index (χ4v) is 5.49. The summed E-state index contributed by atoms with van der Waals surface area (Å²) in [6.07, 6.45) is 3.53. The van der Waals surface area contributed by atoms with Gasteiger partial charge in [0.05, 0.1) is 30.2 Å². The second-order valence-electron chi connectivity index (χ2n) is 11.7. The van der Waals surface area contributed by atoms with Crippen molar-refractivity contribution in [3.8, 4) is 17.2 Å². The molecule has 0 aliphatic heterocycles.